The van der Waals surface area contributed by atoms with Crippen LogP contribution in [0, 0.1) is 13.8 Å². The summed E-state index contributed by atoms with van der Waals surface area (Å²) in [6.07, 6.45) is 1.12. The van der Waals surface area contributed by atoms with Crippen LogP contribution in [0.3, 0.4) is 0 Å². The molecule has 0 saturated carbocycles. The molecule has 6 heteroatoms. The van der Waals surface area contributed by atoms with Gasteiger partial charge in [-0.2, -0.15) is 5.10 Å². The Balaban J connectivity index is 1.36. The fraction of sp³-hybridized carbons (Fsp3) is 0.240. The van der Waals surface area contributed by atoms with E-state index in [1.807, 2.05) is 66.4 Å². The Morgan fingerprint density at radius 1 is 1.03 bits per heavy atom. The van der Waals surface area contributed by atoms with Gasteiger partial charge in [0.25, 0.3) is 0 Å². The van der Waals surface area contributed by atoms with Crippen molar-refractivity contribution in [2.24, 2.45) is 0 Å². The number of nitrogens with zero attached hydrogens (tertiary/aromatic N) is 3. The van der Waals surface area contributed by atoms with Crippen molar-refractivity contribution in [3.05, 3.63) is 100 Å². The molecule has 0 aliphatic heterocycles. The summed E-state index contributed by atoms with van der Waals surface area (Å²) in [6.45, 7) is 4.57. The number of nitrogens with one attached hydrogen (secondary N) is 1. The summed E-state index contributed by atoms with van der Waals surface area (Å²) in [5, 5.41) is 10.5. The Morgan fingerprint density at radius 2 is 1.68 bits per heavy atom. The van der Waals surface area contributed by atoms with Crippen molar-refractivity contribution in [3.63, 3.8) is 0 Å². The molecule has 0 unspecified atom stereocenters. The molecule has 4 rings (SSSR count). The smallest absolute Gasteiger partial charge is 0.220 e. The Labute approximate surface area is 186 Å². The van der Waals surface area contributed by atoms with Crippen molar-refractivity contribution in [2.45, 2.75) is 32.6 Å². The molecule has 2 aromatic carbocycles. The molecule has 0 radical (unpaired) electrons. The van der Waals surface area contributed by atoms with E-state index in [9.17, 15) is 4.79 Å². The lowest BCUT2D eigenvalue weighted by Gasteiger charge is -2.17. The molecule has 4 aromatic rings. The van der Waals surface area contributed by atoms with Gasteiger partial charge in [-0.3, -0.25) is 4.79 Å². The molecule has 0 atom stereocenters. The molecule has 1 amide bonds. The average Bonchev–Trinajstić information content (AvgIpc) is 3.38. The Bertz CT molecular complexity index is 1100. The van der Waals surface area contributed by atoms with Crippen molar-refractivity contribution in [1.29, 1.82) is 0 Å². The predicted molar refractivity (Wildman–Crippen MR) is 125 cm³/mol. The van der Waals surface area contributed by atoms with Gasteiger partial charge in [-0.25, -0.2) is 9.67 Å². The van der Waals surface area contributed by atoms with Gasteiger partial charge in [0.1, 0.15) is 0 Å². The first kappa shape index (κ1) is 21.0. The number of carbonyl (C=O) groups excluding carboxylic acids is 1. The van der Waals surface area contributed by atoms with Crippen LogP contribution in [0.4, 0.5) is 0 Å². The Hall–Kier alpha value is -3.25. The molecular formula is C25H26N4OS. The van der Waals surface area contributed by atoms with E-state index in [0.717, 1.165) is 33.3 Å². The number of amides is 1. The summed E-state index contributed by atoms with van der Waals surface area (Å²) in [4.78, 5) is 17.4. The topological polar surface area (TPSA) is 59.8 Å². The van der Waals surface area contributed by atoms with Gasteiger partial charge in [0, 0.05) is 36.4 Å². The van der Waals surface area contributed by atoms with Gasteiger partial charge in [0.15, 0.2) is 0 Å². The maximum absolute atomic E-state index is 12.7. The largest absolute Gasteiger partial charge is 0.356 e. The van der Waals surface area contributed by atoms with Crippen LogP contribution in [0.1, 0.15) is 40.5 Å². The van der Waals surface area contributed by atoms with E-state index < -0.39 is 0 Å². The van der Waals surface area contributed by atoms with Crippen LogP contribution in [0.25, 0.3) is 5.13 Å². The van der Waals surface area contributed by atoms with Crippen molar-refractivity contribution < 1.29 is 4.79 Å². The highest BCUT2D eigenvalue weighted by Gasteiger charge is 2.18. The van der Waals surface area contributed by atoms with Gasteiger partial charge in [-0.1, -0.05) is 60.7 Å². The zero-order chi connectivity index (χ0) is 21.6. The summed E-state index contributed by atoms with van der Waals surface area (Å²) in [5.41, 5.74) is 5.32. The molecule has 0 aliphatic rings. The minimum atomic E-state index is 0.0410. The van der Waals surface area contributed by atoms with Crippen LogP contribution in [-0.2, 0) is 11.2 Å². The lowest BCUT2D eigenvalue weighted by molar-refractivity contribution is -0.121. The van der Waals surface area contributed by atoms with Crippen LogP contribution >= 0.6 is 11.3 Å². The number of carbonyl (C=O) groups is 1. The highest BCUT2D eigenvalue weighted by Crippen LogP contribution is 2.27. The fourth-order valence-corrected chi connectivity index (χ4v) is 4.58. The maximum atomic E-state index is 12.7. The summed E-state index contributed by atoms with van der Waals surface area (Å²) in [7, 11) is 0. The van der Waals surface area contributed by atoms with Crippen molar-refractivity contribution >= 4 is 17.2 Å². The Morgan fingerprint density at radius 3 is 2.26 bits per heavy atom. The minimum absolute atomic E-state index is 0.0410. The molecule has 0 aliphatic carbocycles. The molecule has 0 saturated heterocycles. The van der Waals surface area contributed by atoms with Gasteiger partial charge in [-0.15, -0.1) is 11.3 Å². The van der Waals surface area contributed by atoms with Gasteiger partial charge in [-0.05, 0) is 31.0 Å². The SMILES string of the molecule is Cc1cc(C)n(-c2nc(CCNC(=O)CC(c3ccccc3)c3ccccc3)cs2)n1. The molecule has 0 spiro atoms. The predicted octanol–water partition coefficient (Wildman–Crippen LogP) is 4.83. The number of thiazole rings is 1. The van der Waals surface area contributed by atoms with Gasteiger partial charge >= 0.3 is 0 Å². The van der Waals surface area contributed by atoms with Gasteiger partial charge in [0.05, 0.1) is 11.4 Å². The van der Waals surface area contributed by atoms with Crippen LogP contribution in [0.2, 0.25) is 0 Å². The summed E-state index contributed by atoms with van der Waals surface area (Å²) in [6, 6.07) is 22.5. The summed E-state index contributed by atoms with van der Waals surface area (Å²) < 4.78 is 1.87. The molecular weight excluding hydrogens is 404 g/mol. The molecule has 5 nitrogen and oxygen atoms in total. The van der Waals surface area contributed by atoms with E-state index in [0.29, 0.717) is 19.4 Å². The lowest BCUT2D eigenvalue weighted by Crippen LogP contribution is -2.27. The quantitative estimate of drug-likeness (QED) is 0.436. The maximum Gasteiger partial charge on any atom is 0.220 e. The van der Waals surface area contributed by atoms with Crippen LogP contribution in [0.15, 0.2) is 72.1 Å². The molecule has 2 heterocycles. The number of hydrogen-bond donors (Lipinski definition) is 1. The van der Waals surface area contributed by atoms with E-state index in [1.54, 1.807) is 11.3 Å². The molecule has 31 heavy (non-hydrogen) atoms. The summed E-state index contributed by atoms with van der Waals surface area (Å²) >= 11 is 1.57. The third kappa shape index (κ3) is 5.27. The van der Waals surface area contributed by atoms with Gasteiger partial charge < -0.3 is 5.32 Å². The Kier molecular flexibility index (Phi) is 6.57. The van der Waals surface area contributed by atoms with E-state index in [-0.39, 0.29) is 11.8 Å². The van der Waals surface area contributed by atoms with Crippen molar-refractivity contribution in [3.8, 4) is 5.13 Å². The number of benzene rings is 2. The first-order valence-electron chi connectivity index (χ1n) is 10.4. The first-order valence-corrected chi connectivity index (χ1v) is 11.3. The second-order valence-electron chi connectivity index (χ2n) is 7.64. The van der Waals surface area contributed by atoms with Crippen LogP contribution in [0.5, 0.6) is 0 Å². The van der Waals surface area contributed by atoms with Crippen molar-refractivity contribution in [1.82, 2.24) is 20.1 Å². The third-order valence-corrected chi connectivity index (χ3v) is 6.09. The number of hydrogen-bond acceptors (Lipinski definition) is 4. The number of aromatic nitrogens is 3. The molecule has 158 valence electrons. The average molecular weight is 431 g/mol. The number of aryl methyl sites for hydroxylation is 2. The second kappa shape index (κ2) is 9.71. The molecule has 0 fully saturated rings. The van der Waals surface area contributed by atoms with Crippen molar-refractivity contribution in [2.75, 3.05) is 6.54 Å². The highest BCUT2D eigenvalue weighted by atomic mass is 32.1. The first-order chi connectivity index (χ1) is 15.1. The number of rotatable bonds is 8. The highest BCUT2D eigenvalue weighted by molar-refractivity contribution is 7.12. The van der Waals surface area contributed by atoms with Gasteiger partial charge in [0.2, 0.25) is 11.0 Å². The normalized spacial score (nSPS) is 11.1. The van der Waals surface area contributed by atoms with Crippen LogP contribution < -0.4 is 5.32 Å². The summed E-state index contributed by atoms with van der Waals surface area (Å²) in [5.74, 6) is 0.0889. The molecule has 2 aromatic heterocycles. The van der Waals surface area contributed by atoms with Crippen LogP contribution in [-0.4, -0.2) is 27.2 Å². The zero-order valence-corrected chi connectivity index (χ0v) is 18.6. The second-order valence-corrected chi connectivity index (χ2v) is 8.47. The monoisotopic (exact) mass is 430 g/mol. The minimum Gasteiger partial charge on any atom is -0.356 e. The lowest BCUT2D eigenvalue weighted by atomic mass is 9.88. The zero-order valence-electron chi connectivity index (χ0n) is 17.8. The van der Waals surface area contributed by atoms with E-state index in [2.05, 4.69) is 39.7 Å². The molecule has 1 N–H and O–H groups in total. The standard InChI is InChI=1S/C25H26N4OS/c1-18-15-19(2)29(28-18)25-27-22(17-31-25)13-14-26-24(30)16-23(20-9-5-3-6-10-20)21-11-7-4-8-12-21/h3-12,15,17,23H,13-14,16H2,1-2H3,(H,26,30). The van der Waals surface area contributed by atoms with E-state index in [4.69, 9.17) is 0 Å². The molecule has 0 bridgehead atoms. The fourth-order valence-electron chi connectivity index (χ4n) is 3.72. The third-order valence-electron chi connectivity index (χ3n) is 5.23. The van der Waals surface area contributed by atoms with E-state index in [1.165, 1.54) is 0 Å². The van der Waals surface area contributed by atoms with E-state index >= 15 is 0 Å².